The smallest absolute Gasteiger partial charge is 0.303 e. The zero-order chi connectivity index (χ0) is 11.5. The Hall–Kier alpha value is -1.84. The monoisotopic (exact) mass is 219 g/mol. The molecule has 0 fully saturated rings. The Kier molecular flexibility index (Phi) is 2.90. The summed E-state index contributed by atoms with van der Waals surface area (Å²) in [7, 11) is 0. The molecular formula is C12H13NO3. The number of amides is 1. The number of carbonyl (C=O) groups excluding carboxylic acids is 1. The second-order valence-corrected chi connectivity index (χ2v) is 3.92. The van der Waals surface area contributed by atoms with E-state index in [0.717, 1.165) is 16.8 Å². The number of fused-ring (bicyclic) bond motifs is 1. The number of rotatable bonds is 4. The third kappa shape index (κ3) is 2.21. The van der Waals surface area contributed by atoms with E-state index >= 15 is 0 Å². The highest BCUT2D eigenvalue weighted by molar-refractivity contribution is 5.99. The summed E-state index contributed by atoms with van der Waals surface area (Å²) in [5.41, 5.74) is 2.98. The quantitative estimate of drug-likeness (QED) is 0.808. The van der Waals surface area contributed by atoms with E-state index < -0.39 is 5.97 Å². The summed E-state index contributed by atoms with van der Waals surface area (Å²) in [4.78, 5) is 21.6. The minimum absolute atomic E-state index is 0.0145. The topological polar surface area (TPSA) is 66.4 Å². The molecule has 0 radical (unpaired) electrons. The predicted molar refractivity (Wildman–Crippen MR) is 59.3 cm³/mol. The molecule has 0 bridgehead atoms. The van der Waals surface area contributed by atoms with Gasteiger partial charge >= 0.3 is 5.97 Å². The standard InChI is InChI=1S/C12H13NO3/c14-11-7-9-8(4-2-6-12(15)16)3-1-5-10(9)13-11/h1,3,5H,2,4,6-7H2,(H,13,14)(H,15,16). The van der Waals surface area contributed by atoms with Crippen molar-refractivity contribution in [2.45, 2.75) is 25.7 Å². The number of carboxylic acid groups (broad SMARTS) is 1. The van der Waals surface area contributed by atoms with Crippen LogP contribution in [0.5, 0.6) is 0 Å². The van der Waals surface area contributed by atoms with Gasteiger partial charge in [-0.05, 0) is 30.0 Å². The molecule has 0 unspecified atom stereocenters. The number of benzene rings is 1. The van der Waals surface area contributed by atoms with Gasteiger partial charge in [0.05, 0.1) is 6.42 Å². The van der Waals surface area contributed by atoms with Crippen LogP contribution in [0.25, 0.3) is 0 Å². The van der Waals surface area contributed by atoms with Gasteiger partial charge in [0, 0.05) is 12.1 Å². The van der Waals surface area contributed by atoms with Crippen LogP contribution in [-0.4, -0.2) is 17.0 Å². The highest BCUT2D eigenvalue weighted by Gasteiger charge is 2.19. The molecule has 1 amide bonds. The molecule has 0 aliphatic carbocycles. The molecule has 0 aromatic heterocycles. The highest BCUT2D eigenvalue weighted by atomic mass is 16.4. The van der Waals surface area contributed by atoms with Crippen LogP contribution in [0.4, 0.5) is 5.69 Å². The molecule has 84 valence electrons. The average molecular weight is 219 g/mol. The third-order valence-electron chi connectivity index (χ3n) is 2.72. The number of carbonyl (C=O) groups is 2. The Morgan fingerprint density at radius 3 is 3.00 bits per heavy atom. The molecule has 4 nitrogen and oxygen atoms in total. The second-order valence-electron chi connectivity index (χ2n) is 3.92. The lowest BCUT2D eigenvalue weighted by Gasteiger charge is -2.05. The minimum Gasteiger partial charge on any atom is -0.481 e. The molecule has 1 aromatic carbocycles. The van der Waals surface area contributed by atoms with Crippen LogP contribution in [0.1, 0.15) is 24.0 Å². The molecule has 0 spiro atoms. The van der Waals surface area contributed by atoms with Crippen LogP contribution in [0, 0.1) is 0 Å². The Morgan fingerprint density at radius 1 is 1.44 bits per heavy atom. The fraction of sp³-hybridized carbons (Fsp3) is 0.333. The van der Waals surface area contributed by atoms with Crippen molar-refractivity contribution in [2.24, 2.45) is 0 Å². The van der Waals surface area contributed by atoms with Crippen LogP contribution < -0.4 is 5.32 Å². The maximum Gasteiger partial charge on any atom is 0.303 e. The average Bonchev–Trinajstić information content (AvgIpc) is 2.58. The summed E-state index contributed by atoms with van der Waals surface area (Å²) in [5.74, 6) is -0.762. The summed E-state index contributed by atoms with van der Waals surface area (Å²) < 4.78 is 0. The normalized spacial score (nSPS) is 13.4. The SMILES string of the molecule is O=C(O)CCCc1cccc2c1CC(=O)N2. The summed E-state index contributed by atoms with van der Waals surface area (Å²) in [6, 6.07) is 5.72. The van der Waals surface area contributed by atoms with Gasteiger partial charge in [-0.15, -0.1) is 0 Å². The van der Waals surface area contributed by atoms with Gasteiger partial charge in [0.2, 0.25) is 5.91 Å². The molecule has 2 rings (SSSR count). The number of anilines is 1. The summed E-state index contributed by atoms with van der Waals surface area (Å²) >= 11 is 0. The first-order valence-electron chi connectivity index (χ1n) is 5.29. The molecule has 1 aliphatic heterocycles. The molecule has 16 heavy (non-hydrogen) atoms. The highest BCUT2D eigenvalue weighted by Crippen LogP contribution is 2.27. The van der Waals surface area contributed by atoms with Crippen molar-refractivity contribution in [1.82, 2.24) is 0 Å². The number of aryl methyl sites for hydroxylation is 1. The second kappa shape index (κ2) is 4.35. The Balaban J connectivity index is 2.08. The maximum absolute atomic E-state index is 11.2. The molecule has 2 N–H and O–H groups in total. The van der Waals surface area contributed by atoms with Crippen molar-refractivity contribution in [3.8, 4) is 0 Å². The molecule has 1 heterocycles. The van der Waals surface area contributed by atoms with E-state index in [9.17, 15) is 9.59 Å². The van der Waals surface area contributed by atoms with Crippen molar-refractivity contribution in [3.05, 3.63) is 29.3 Å². The van der Waals surface area contributed by atoms with Crippen molar-refractivity contribution in [2.75, 3.05) is 5.32 Å². The van der Waals surface area contributed by atoms with Gasteiger partial charge in [-0.25, -0.2) is 0 Å². The largest absolute Gasteiger partial charge is 0.481 e. The lowest BCUT2D eigenvalue weighted by atomic mass is 10.00. The van der Waals surface area contributed by atoms with Gasteiger partial charge < -0.3 is 10.4 Å². The van der Waals surface area contributed by atoms with Crippen LogP contribution in [0.15, 0.2) is 18.2 Å². The van der Waals surface area contributed by atoms with Crippen LogP contribution in [0.2, 0.25) is 0 Å². The first kappa shape index (κ1) is 10.7. The summed E-state index contributed by atoms with van der Waals surface area (Å²) in [5, 5.41) is 11.3. The van der Waals surface area contributed by atoms with Gasteiger partial charge in [-0.2, -0.15) is 0 Å². The van der Waals surface area contributed by atoms with Crippen LogP contribution in [-0.2, 0) is 22.4 Å². The van der Waals surface area contributed by atoms with Gasteiger partial charge in [-0.1, -0.05) is 12.1 Å². The summed E-state index contributed by atoms with van der Waals surface area (Å²) in [6.07, 6.45) is 1.91. The third-order valence-corrected chi connectivity index (χ3v) is 2.72. The van der Waals surface area contributed by atoms with E-state index in [2.05, 4.69) is 5.32 Å². The van der Waals surface area contributed by atoms with Crippen molar-refractivity contribution >= 4 is 17.6 Å². The van der Waals surface area contributed by atoms with Crippen LogP contribution in [0.3, 0.4) is 0 Å². The lowest BCUT2D eigenvalue weighted by Crippen LogP contribution is -2.03. The first-order chi connectivity index (χ1) is 7.66. The Labute approximate surface area is 93.3 Å². The molecular weight excluding hydrogens is 206 g/mol. The maximum atomic E-state index is 11.2. The van der Waals surface area contributed by atoms with E-state index in [4.69, 9.17) is 5.11 Å². The number of hydrogen-bond donors (Lipinski definition) is 2. The number of carboxylic acids is 1. The Morgan fingerprint density at radius 2 is 2.25 bits per heavy atom. The van der Waals surface area contributed by atoms with E-state index in [0.29, 0.717) is 19.3 Å². The fourth-order valence-electron chi connectivity index (χ4n) is 1.98. The Bertz CT molecular complexity index is 440. The van der Waals surface area contributed by atoms with E-state index in [1.54, 1.807) is 0 Å². The van der Waals surface area contributed by atoms with E-state index in [1.807, 2.05) is 18.2 Å². The molecule has 1 aromatic rings. The number of aliphatic carboxylic acids is 1. The molecule has 0 saturated heterocycles. The fourth-order valence-corrected chi connectivity index (χ4v) is 1.98. The van der Waals surface area contributed by atoms with E-state index in [1.165, 1.54) is 0 Å². The minimum atomic E-state index is -0.776. The van der Waals surface area contributed by atoms with E-state index in [-0.39, 0.29) is 12.3 Å². The van der Waals surface area contributed by atoms with Gasteiger partial charge in [0.15, 0.2) is 0 Å². The van der Waals surface area contributed by atoms with Gasteiger partial charge in [-0.3, -0.25) is 9.59 Å². The summed E-state index contributed by atoms with van der Waals surface area (Å²) in [6.45, 7) is 0. The van der Waals surface area contributed by atoms with Crippen molar-refractivity contribution in [3.63, 3.8) is 0 Å². The number of hydrogen-bond acceptors (Lipinski definition) is 2. The molecule has 0 saturated carbocycles. The molecule has 0 atom stereocenters. The molecule has 4 heteroatoms. The lowest BCUT2D eigenvalue weighted by molar-refractivity contribution is -0.137. The van der Waals surface area contributed by atoms with Crippen molar-refractivity contribution in [1.29, 1.82) is 0 Å². The zero-order valence-electron chi connectivity index (χ0n) is 8.82. The zero-order valence-corrected chi connectivity index (χ0v) is 8.82. The van der Waals surface area contributed by atoms with Gasteiger partial charge in [0.25, 0.3) is 0 Å². The van der Waals surface area contributed by atoms with Crippen LogP contribution >= 0.6 is 0 Å². The van der Waals surface area contributed by atoms with Crippen molar-refractivity contribution < 1.29 is 14.7 Å². The van der Waals surface area contributed by atoms with Gasteiger partial charge in [0.1, 0.15) is 0 Å². The first-order valence-corrected chi connectivity index (χ1v) is 5.29. The number of nitrogens with one attached hydrogen (secondary N) is 1. The predicted octanol–water partition coefficient (Wildman–Crippen LogP) is 1.59. The molecule has 1 aliphatic rings.